The largest absolute Gasteiger partial charge is 0.462 e. The number of benzene rings is 2. The van der Waals surface area contributed by atoms with Gasteiger partial charge in [0.25, 0.3) is 0 Å². The van der Waals surface area contributed by atoms with Crippen LogP contribution in [0.25, 0.3) is 0 Å². The minimum atomic E-state index is -0.576. The molecular formula is C24H27NO2. The number of hydrogen-bond acceptors (Lipinski definition) is 3. The van der Waals surface area contributed by atoms with Crippen molar-refractivity contribution in [1.82, 2.24) is 4.90 Å². The molecule has 0 N–H and O–H groups in total. The maximum atomic E-state index is 13.6. The summed E-state index contributed by atoms with van der Waals surface area (Å²) in [5, 5.41) is 0. The molecule has 1 aliphatic carbocycles. The lowest BCUT2D eigenvalue weighted by atomic mass is 9.77. The van der Waals surface area contributed by atoms with Crippen LogP contribution < -0.4 is 0 Å². The molecule has 0 aromatic heterocycles. The summed E-state index contributed by atoms with van der Waals surface area (Å²) in [6.45, 7) is 0. The van der Waals surface area contributed by atoms with Gasteiger partial charge in [0.1, 0.15) is 11.5 Å². The summed E-state index contributed by atoms with van der Waals surface area (Å²) in [4.78, 5) is 16.1. The highest BCUT2D eigenvalue weighted by Gasteiger charge is 2.48. The number of ether oxygens (including phenoxy) is 1. The van der Waals surface area contributed by atoms with Crippen molar-refractivity contribution in [3.8, 4) is 0 Å². The predicted molar refractivity (Wildman–Crippen MR) is 106 cm³/mol. The fraction of sp³-hybridized carbons (Fsp3) is 0.458. The van der Waals surface area contributed by atoms with Gasteiger partial charge in [-0.05, 0) is 62.3 Å². The third-order valence-corrected chi connectivity index (χ3v) is 7.15. The average molecular weight is 361 g/mol. The van der Waals surface area contributed by atoms with Crippen LogP contribution in [0.3, 0.4) is 0 Å². The van der Waals surface area contributed by atoms with Crippen molar-refractivity contribution in [1.29, 1.82) is 0 Å². The van der Waals surface area contributed by atoms with Gasteiger partial charge in [0.05, 0.1) is 0 Å². The van der Waals surface area contributed by atoms with E-state index in [-0.39, 0.29) is 12.1 Å². The number of esters is 1. The van der Waals surface area contributed by atoms with E-state index in [4.69, 9.17) is 4.74 Å². The van der Waals surface area contributed by atoms with E-state index in [2.05, 4.69) is 48.3 Å². The van der Waals surface area contributed by atoms with Crippen molar-refractivity contribution in [3.63, 3.8) is 0 Å². The third kappa shape index (κ3) is 2.80. The molecule has 3 heteroatoms. The Morgan fingerprint density at radius 3 is 2.07 bits per heavy atom. The molecule has 0 spiro atoms. The first-order chi connectivity index (χ1) is 13.2. The van der Waals surface area contributed by atoms with Crippen molar-refractivity contribution < 1.29 is 9.53 Å². The standard InChI is InChI=1S/C24H27NO2/c1-25-20-11-12-21(25)14-22(13-20)27-23(26)24(19-9-3-2-4-10-19)15-17-7-5-6-8-18(17)16-24/h2-10,20-22H,11-16H2,1H3. The van der Waals surface area contributed by atoms with E-state index in [1.54, 1.807) is 0 Å². The highest BCUT2D eigenvalue weighted by Crippen LogP contribution is 2.42. The third-order valence-electron chi connectivity index (χ3n) is 7.15. The van der Waals surface area contributed by atoms with Gasteiger partial charge in [-0.3, -0.25) is 4.79 Å². The van der Waals surface area contributed by atoms with E-state index < -0.39 is 5.41 Å². The summed E-state index contributed by atoms with van der Waals surface area (Å²) in [5.41, 5.74) is 3.07. The molecule has 3 aliphatic rings. The summed E-state index contributed by atoms with van der Waals surface area (Å²) in [7, 11) is 2.22. The molecule has 3 nitrogen and oxygen atoms in total. The van der Waals surface area contributed by atoms with Gasteiger partial charge >= 0.3 is 5.97 Å². The zero-order valence-corrected chi connectivity index (χ0v) is 15.9. The van der Waals surface area contributed by atoms with Crippen LogP contribution in [0.4, 0.5) is 0 Å². The Bertz CT molecular complexity index is 807. The van der Waals surface area contributed by atoms with Gasteiger partial charge in [0, 0.05) is 12.1 Å². The average Bonchev–Trinajstić information content (AvgIpc) is 3.17. The van der Waals surface area contributed by atoms with E-state index in [0.29, 0.717) is 12.1 Å². The first-order valence-corrected chi connectivity index (χ1v) is 10.2. The highest BCUT2D eigenvalue weighted by molar-refractivity contribution is 5.85. The van der Waals surface area contributed by atoms with E-state index in [9.17, 15) is 4.79 Å². The topological polar surface area (TPSA) is 29.5 Å². The normalized spacial score (nSPS) is 28.7. The zero-order chi connectivity index (χ0) is 18.4. The van der Waals surface area contributed by atoms with Crippen LogP contribution in [-0.4, -0.2) is 36.1 Å². The molecule has 2 fully saturated rings. The predicted octanol–water partition coefficient (Wildman–Crippen LogP) is 3.89. The van der Waals surface area contributed by atoms with E-state index >= 15 is 0 Å². The monoisotopic (exact) mass is 361 g/mol. The van der Waals surface area contributed by atoms with Crippen LogP contribution >= 0.6 is 0 Å². The highest BCUT2D eigenvalue weighted by atomic mass is 16.5. The molecule has 2 saturated heterocycles. The number of hydrogen-bond donors (Lipinski definition) is 0. The maximum Gasteiger partial charge on any atom is 0.317 e. The molecule has 2 aromatic rings. The summed E-state index contributed by atoms with van der Waals surface area (Å²) >= 11 is 0. The Hall–Kier alpha value is -2.13. The number of fused-ring (bicyclic) bond motifs is 3. The Balaban J connectivity index is 1.43. The molecule has 2 aliphatic heterocycles. The van der Waals surface area contributed by atoms with E-state index in [1.165, 1.54) is 24.0 Å². The fourth-order valence-electron chi connectivity index (χ4n) is 5.56. The minimum absolute atomic E-state index is 0.0288. The molecule has 2 heterocycles. The first-order valence-electron chi connectivity index (χ1n) is 10.2. The fourth-order valence-corrected chi connectivity index (χ4v) is 5.56. The van der Waals surface area contributed by atoms with Crippen molar-refractivity contribution in [2.24, 2.45) is 0 Å². The molecule has 2 aromatic carbocycles. The number of carbonyl (C=O) groups excluding carboxylic acids is 1. The molecule has 2 unspecified atom stereocenters. The van der Waals surface area contributed by atoms with Gasteiger partial charge in [-0.1, -0.05) is 54.6 Å². The second-order valence-electron chi connectivity index (χ2n) is 8.62. The van der Waals surface area contributed by atoms with Gasteiger partial charge in [-0.15, -0.1) is 0 Å². The van der Waals surface area contributed by atoms with Gasteiger partial charge in [0.15, 0.2) is 0 Å². The summed E-state index contributed by atoms with van der Waals surface area (Å²) in [5.74, 6) is -0.0288. The number of nitrogens with zero attached hydrogens (tertiary/aromatic N) is 1. The van der Waals surface area contributed by atoms with Crippen LogP contribution in [0, 0.1) is 0 Å². The molecular weight excluding hydrogens is 334 g/mol. The van der Waals surface area contributed by atoms with Crippen LogP contribution in [0.1, 0.15) is 42.4 Å². The van der Waals surface area contributed by atoms with Gasteiger partial charge < -0.3 is 9.64 Å². The van der Waals surface area contributed by atoms with Crippen LogP contribution in [0.5, 0.6) is 0 Å². The number of piperidine rings is 1. The minimum Gasteiger partial charge on any atom is -0.462 e. The van der Waals surface area contributed by atoms with Crippen molar-refractivity contribution in [2.45, 2.75) is 62.1 Å². The molecule has 0 amide bonds. The SMILES string of the molecule is CN1C2CCC1CC(OC(=O)C1(c3ccccc3)Cc3ccccc3C1)C2. The lowest BCUT2D eigenvalue weighted by Gasteiger charge is -2.37. The summed E-state index contributed by atoms with van der Waals surface area (Å²) < 4.78 is 6.23. The molecule has 27 heavy (non-hydrogen) atoms. The zero-order valence-electron chi connectivity index (χ0n) is 15.9. The first kappa shape index (κ1) is 17.0. The second-order valence-corrected chi connectivity index (χ2v) is 8.62. The Morgan fingerprint density at radius 2 is 1.48 bits per heavy atom. The second kappa shape index (κ2) is 6.49. The van der Waals surface area contributed by atoms with Crippen LogP contribution in [0.2, 0.25) is 0 Å². The number of rotatable bonds is 3. The Labute approximate surface area is 161 Å². The van der Waals surface area contributed by atoms with E-state index in [0.717, 1.165) is 31.2 Å². The smallest absolute Gasteiger partial charge is 0.317 e. The van der Waals surface area contributed by atoms with Crippen molar-refractivity contribution >= 4 is 5.97 Å². The molecule has 2 bridgehead atoms. The van der Waals surface area contributed by atoms with Gasteiger partial charge in [-0.25, -0.2) is 0 Å². The summed E-state index contributed by atoms with van der Waals surface area (Å²) in [6, 6.07) is 19.9. The van der Waals surface area contributed by atoms with Crippen molar-refractivity contribution in [3.05, 3.63) is 71.3 Å². The van der Waals surface area contributed by atoms with Crippen LogP contribution in [0.15, 0.2) is 54.6 Å². The molecule has 5 rings (SSSR count). The summed E-state index contributed by atoms with van der Waals surface area (Å²) in [6.07, 6.45) is 5.99. The van der Waals surface area contributed by atoms with Gasteiger partial charge in [-0.2, -0.15) is 0 Å². The Kier molecular flexibility index (Phi) is 4.08. The van der Waals surface area contributed by atoms with E-state index in [1.807, 2.05) is 18.2 Å². The van der Waals surface area contributed by atoms with Gasteiger partial charge in [0.2, 0.25) is 0 Å². The lowest BCUT2D eigenvalue weighted by molar-refractivity contribution is -0.159. The number of carbonyl (C=O) groups is 1. The van der Waals surface area contributed by atoms with Crippen LogP contribution in [-0.2, 0) is 27.8 Å². The maximum absolute atomic E-state index is 13.6. The molecule has 2 atom stereocenters. The lowest BCUT2D eigenvalue weighted by Crippen LogP contribution is -2.46. The molecule has 0 radical (unpaired) electrons. The molecule has 140 valence electrons. The molecule has 0 saturated carbocycles. The van der Waals surface area contributed by atoms with Crippen molar-refractivity contribution in [2.75, 3.05) is 7.05 Å². The quantitative estimate of drug-likeness (QED) is 0.777. The Morgan fingerprint density at radius 1 is 0.926 bits per heavy atom.